The molecule has 6 rings (SSSR count). The predicted molar refractivity (Wildman–Crippen MR) is 151 cm³/mol. The fourth-order valence-corrected chi connectivity index (χ4v) is 5.66. The minimum Gasteiger partial charge on any atom is -0.353 e. The average molecular weight is 520 g/mol. The Kier molecular flexibility index (Phi) is 6.57. The van der Waals surface area contributed by atoms with Gasteiger partial charge in [0.05, 0.1) is 11.2 Å². The number of nitrogens with zero attached hydrogens (tertiary/aromatic N) is 2. The quantitative estimate of drug-likeness (QED) is 0.227. The first-order valence-corrected chi connectivity index (χ1v) is 13.4. The topological polar surface area (TPSA) is 92.4 Å². The summed E-state index contributed by atoms with van der Waals surface area (Å²) in [5.74, 6) is 0.257. The lowest BCUT2D eigenvalue weighted by atomic mass is 9.83. The molecule has 0 aliphatic heterocycles. The summed E-state index contributed by atoms with van der Waals surface area (Å²) in [6.07, 6.45) is 7.50. The van der Waals surface area contributed by atoms with Gasteiger partial charge in [-0.3, -0.25) is 14.4 Å². The molecule has 196 valence electrons. The molecule has 2 aromatic heterocycles. The van der Waals surface area contributed by atoms with E-state index in [0.717, 1.165) is 58.6 Å². The third-order valence-corrected chi connectivity index (χ3v) is 7.60. The van der Waals surface area contributed by atoms with Gasteiger partial charge >= 0.3 is 6.47 Å². The molecule has 0 spiro atoms. The van der Waals surface area contributed by atoms with E-state index in [1.54, 1.807) is 0 Å². The maximum Gasteiger partial charge on any atom is 0.320 e. The van der Waals surface area contributed by atoms with Gasteiger partial charge in [-0.25, -0.2) is 4.98 Å². The second kappa shape index (κ2) is 10.3. The number of nitrogens with one attached hydrogen (secondary N) is 1. The Hall–Kier alpha value is -4.52. The molecule has 1 N–H and O–H groups in total. The smallest absolute Gasteiger partial charge is 0.320 e. The van der Waals surface area contributed by atoms with E-state index in [2.05, 4.69) is 4.98 Å². The monoisotopic (exact) mass is 519 g/mol. The number of aryl methyl sites for hydroxylation is 1. The van der Waals surface area contributed by atoms with Crippen LogP contribution in [0.2, 0.25) is 0 Å². The van der Waals surface area contributed by atoms with Crippen molar-refractivity contribution in [3.63, 3.8) is 0 Å². The second-order valence-electron chi connectivity index (χ2n) is 10.2. The van der Waals surface area contributed by atoms with Crippen molar-refractivity contribution < 1.29 is 19.2 Å². The van der Waals surface area contributed by atoms with Crippen molar-refractivity contribution in [3.05, 3.63) is 83.5 Å². The van der Waals surface area contributed by atoms with Crippen LogP contribution in [0.1, 0.15) is 44.1 Å². The van der Waals surface area contributed by atoms with E-state index in [9.17, 15) is 14.4 Å². The molecule has 4 aromatic rings. The number of pyridine rings is 1. The average Bonchev–Trinajstić information content (AvgIpc) is 3.33. The maximum absolute atomic E-state index is 13.2. The third-order valence-electron chi connectivity index (χ3n) is 7.60. The Morgan fingerprint density at radius 2 is 1.59 bits per heavy atom. The highest BCUT2D eigenvalue weighted by Gasteiger charge is 2.37. The molecular weight excluding hydrogens is 490 g/mol. The van der Waals surface area contributed by atoms with Crippen LogP contribution in [0.5, 0.6) is 0 Å². The number of carbonyl (C=O) groups is 3. The Morgan fingerprint density at radius 3 is 2.23 bits per heavy atom. The van der Waals surface area contributed by atoms with Crippen molar-refractivity contribution in [2.24, 2.45) is 0 Å². The van der Waals surface area contributed by atoms with Gasteiger partial charge in [0.1, 0.15) is 6.04 Å². The first-order chi connectivity index (χ1) is 19.0. The Morgan fingerprint density at radius 1 is 0.923 bits per heavy atom. The number of aromatic amines is 1. The van der Waals surface area contributed by atoms with Gasteiger partial charge in [0.25, 0.3) is 0 Å². The van der Waals surface area contributed by atoms with Crippen LogP contribution >= 0.6 is 0 Å². The van der Waals surface area contributed by atoms with Crippen molar-refractivity contribution in [2.45, 2.75) is 51.5 Å². The number of hydroxylamine groups is 1. The number of para-hydroxylation sites is 1. The molecule has 0 radical (unpaired) electrons. The fraction of sp³-hybridized carbons (Fsp3) is 0.250. The summed E-state index contributed by atoms with van der Waals surface area (Å²) in [5, 5.41) is 3.25. The molecular formula is C32H29N3O4. The minimum absolute atomic E-state index is 0.0445. The van der Waals surface area contributed by atoms with E-state index in [1.807, 2.05) is 73.7 Å². The van der Waals surface area contributed by atoms with Gasteiger partial charge < -0.3 is 9.82 Å². The number of hydrogen-bond acceptors (Lipinski definition) is 6. The number of benzene rings is 2. The van der Waals surface area contributed by atoms with Crippen LogP contribution in [-0.4, -0.2) is 34.0 Å². The van der Waals surface area contributed by atoms with E-state index >= 15 is 0 Å². The SMILES string of the molecule is Cc1ccc(-c2nc(N(OC=O)C(C3=CCCCC3=O)C3=CCCCC3=O)cc3c2[nH]c2ccccc23)cc1. The van der Waals surface area contributed by atoms with Crippen molar-refractivity contribution in [1.29, 1.82) is 0 Å². The molecule has 7 heteroatoms. The van der Waals surface area contributed by atoms with Gasteiger partial charge in [-0.05, 0) is 44.7 Å². The molecule has 2 aliphatic carbocycles. The lowest BCUT2D eigenvalue weighted by Crippen LogP contribution is -2.43. The Balaban J connectivity index is 1.61. The third kappa shape index (κ3) is 4.54. The maximum atomic E-state index is 13.2. The number of fused-ring (bicyclic) bond motifs is 3. The summed E-state index contributed by atoms with van der Waals surface area (Å²) in [6, 6.07) is 17.0. The van der Waals surface area contributed by atoms with E-state index in [1.165, 1.54) is 5.06 Å². The van der Waals surface area contributed by atoms with E-state index < -0.39 is 6.04 Å². The zero-order valence-corrected chi connectivity index (χ0v) is 21.8. The van der Waals surface area contributed by atoms with Crippen LogP contribution in [-0.2, 0) is 19.2 Å². The number of H-pyrrole nitrogens is 1. The Bertz CT molecular complexity index is 1630. The summed E-state index contributed by atoms with van der Waals surface area (Å²) < 4.78 is 0. The first kappa shape index (κ1) is 24.8. The normalized spacial score (nSPS) is 15.9. The summed E-state index contributed by atoms with van der Waals surface area (Å²) in [5.41, 5.74) is 5.46. The van der Waals surface area contributed by atoms with Gasteiger partial charge in [-0.2, -0.15) is 5.06 Å². The van der Waals surface area contributed by atoms with E-state index in [4.69, 9.17) is 9.82 Å². The minimum atomic E-state index is -0.864. The summed E-state index contributed by atoms with van der Waals surface area (Å²) in [4.78, 5) is 52.5. The number of hydrogen-bond donors (Lipinski definition) is 1. The van der Waals surface area contributed by atoms with Crippen molar-refractivity contribution >= 4 is 45.7 Å². The number of rotatable bonds is 7. The number of ketones is 2. The molecule has 0 atom stereocenters. The number of Topliss-reactive ketones (excluding diaryl/α,β-unsaturated/α-hetero) is 2. The molecule has 2 aliphatic rings. The van der Waals surface area contributed by atoms with Crippen molar-refractivity contribution in [2.75, 3.05) is 5.06 Å². The first-order valence-electron chi connectivity index (χ1n) is 13.4. The Labute approximate surface area is 226 Å². The number of allylic oxidation sites excluding steroid dienone is 2. The largest absolute Gasteiger partial charge is 0.353 e. The molecule has 0 bridgehead atoms. The number of aromatic nitrogens is 2. The zero-order chi connectivity index (χ0) is 26.9. The zero-order valence-electron chi connectivity index (χ0n) is 21.8. The van der Waals surface area contributed by atoms with Crippen LogP contribution in [0.15, 0.2) is 77.9 Å². The van der Waals surface area contributed by atoms with Crippen LogP contribution < -0.4 is 5.06 Å². The second-order valence-corrected chi connectivity index (χ2v) is 10.2. The number of carbonyl (C=O) groups excluding carboxylic acids is 3. The molecule has 0 amide bonds. The van der Waals surface area contributed by atoms with Gasteiger partial charge in [0.15, 0.2) is 17.4 Å². The van der Waals surface area contributed by atoms with Crippen LogP contribution in [0.25, 0.3) is 33.1 Å². The van der Waals surface area contributed by atoms with Crippen LogP contribution in [0, 0.1) is 6.92 Å². The van der Waals surface area contributed by atoms with Gasteiger partial charge in [-0.15, -0.1) is 0 Å². The van der Waals surface area contributed by atoms with Gasteiger partial charge in [0, 0.05) is 45.8 Å². The van der Waals surface area contributed by atoms with Gasteiger partial charge in [0.2, 0.25) is 0 Å². The van der Waals surface area contributed by atoms with Crippen molar-refractivity contribution in [1.82, 2.24) is 9.97 Å². The highest BCUT2D eigenvalue weighted by molar-refractivity contribution is 6.12. The lowest BCUT2D eigenvalue weighted by Gasteiger charge is -2.34. The highest BCUT2D eigenvalue weighted by Crippen LogP contribution is 2.38. The molecule has 0 fully saturated rings. The summed E-state index contributed by atoms with van der Waals surface area (Å²) in [6.45, 7) is 2.36. The van der Waals surface area contributed by atoms with Crippen molar-refractivity contribution in [3.8, 4) is 11.3 Å². The molecule has 0 unspecified atom stereocenters. The van der Waals surface area contributed by atoms with Crippen LogP contribution in [0.3, 0.4) is 0 Å². The molecule has 2 aromatic carbocycles. The van der Waals surface area contributed by atoms with E-state index in [0.29, 0.717) is 42.0 Å². The molecule has 2 heterocycles. The predicted octanol–water partition coefficient (Wildman–Crippen LogP) is 6.31. The fourth-order valence-electron chi connectivity index (χ4n) is 5.66. The highest BCUT2D eigenvalue weighted by atomic mass is 16.7. The summed E-state index contributed by atoms with van der Waals surface area (Å²) in [7, 11) is 0. The molecule has 0 saturated carbocycles. The number of anilines is 1. The van der Waals surface area contributed by atoms with Crippen LogP contribution in [0.4, 0.5) is 5.82 Å². The molecule has 39 heavy (non-hydrogen) atoms. The summed E-state index contributed by atoms with van der Waals surface area (Å²) >= 11 is 0. The van der Waals surface area contributed by atoms with Gasteiger partial charge in [-0.1, -0.05) is 60.2 Å². The van der Waals surface area contributed by atoms with E-state index in [-0.39, 0.29) is 11.6 Å². The molecule has 0 saturated heterocycles. The molecule has 7 nitrogen and oxygen atoms in total. The standard InChI is InChI=1S/C32H29N3O4/c1-20-14-16-21(17-15-20)30-31-25(22-8-2-5-11-26(22)33-31)18-29(34-30)35(39-19-36)32(23-9-3-6-12-27(23)37)24-10-4-7-13-28(24)38/h2,5,8-11,14-19,32-33H,3-4,6-7,12-13H2,1H3. The lowest BCUT2D eigenvalue weighted by molar-refractivity contribution is -0.131.